The van der Waals surface area contributed by atoms with Gasteiger partial charge in [0, 0.05) is 12.6 Å². The first-order chi connectivity index (χ1) is 7.92. The molecule has 0 amide bonds. The van der Waals surface area contributed by atoms with Gasteiger partial charge in [-0.3, -0.25) is 0 Å². The fourth-order valence-electron chi connectivity index (χ4n) is 1.99. The molecule has 88 valence electrons. The Balaban J connectivity index is 1.57. The summed E-state index contributed by atoms with van der Waals surface area (Å²) in [5, 5.41) is 15.4. The summed E-state index contributed by atoms with van der Waals surface area (Å²) in [6.45, 7) is 1.80. The van der Waals surface area contributed by atoms with E-state index in [1.807, 2.05) is 16.4 Å². The zero-order valence-electron chi connectivity index (χ0n) is 9.30. The lowest BCUT2D eigenvalue weighted by Gasteiger charge is -2.09. The molecule has 1 atom stereocenters. The molecule has 0 radical (unpaired) electrons. The third kappa shape index (κ3) is 2.55. The molecule has 0 bridgehead atoms. The van der Waals surface area contributed by atoms with Crippen molar-refractivity contribution in [2.24, 2.45) is 5.92 Å². The monoisotopic (exact) mass is 239 g/mol. The Morgan fingerprint density at radius 2 is 2.31 bits per heavy atom. The van der Waals surface area contributed by atoms with Crippen LogP contribution in [0.25, 0.3) is 0 Å². The van der Waals surface area contributed by atoms with E-state index in [1.165, 1.54) is 30.8 Å². The van der Waals surface area contributed by atoms with Crippen LogP contribution in [-0.4, -0.2) is 37.8 Å². The smallest absolute Gasteiger partial charge is 0.165 e. The van der Waals surface area contributed by atoms with Gasteiger partial charge in [-0.15, -0.1) is 5.10 Å². The second-order valence-electron chi connectivity index (χ2n) is 4.66. The Labute approximate surface area is 99.4 Å². The molecule has 0 aromatic carbocycles. The minimum absolute atomic E-state index is 0.715. The van der Waals surface area contributed by atoms with Crippen LogP contribution >= 0.6 is 11.8 Å². The fourth-order valence-corrected chi connectivity index (χ4v) is 3.26. The Kier molecular flexibility index (Phi) is 3.10. The van der Waals surface area contributed by atoms with E-state index < -0.39 is 0 Å². The first-order valence-corrected chi connectivity index (χ1v) is 7.13. The zero-order chi connectivity index (χ0) is 10.8. The summed E-state index contributed by atoms with van der Waals surface area (Å²) in [5.41, 5.74) is 0. The Bertz CT molecular complexity index is 343. The topological polar surface area (TPSA) is 55.6 Å². The Hall–Kier alpha value is -0.620. The van der Waals surface area contributed by atoms with E-state index in [2.05, 4.69) is 20.8 Å². The van der Waals surface area contributed by atoms with Gasteiger partial charge in [0.25, 0.3) is 0 Å². The minimum atomic E-state index is 0.715. The summed E-state index contributed by atoms with van der Waals surface area (Å²) in [6.07, 6.45) is 3.92. The molecule has 1 saturated carbocycles. The van der Waals surface area contributed by atoms with Crippen LogP contribution in [0.2, 0.25) is 0 Å². The second-order valence-corrected chi connectivity index (χ2v) is 5.81. The summed E-state index contributed by atoms with van der Waals surface area (Å²) in [5.74, 6) is 4.30. The molecule has 1 aliphatic heterocycles. The second kappa shape index (κ2) is 4.71. The highest BCUT2D eigenvalue weighted by Gasteiger charge is 2.22. The van der Waals surface area contributed by atoms with Gasteiger partial charge >= 0.3 is 0 Å². The van der Waals surface area contributed by atoms with E-state index in [0.717, 1.165) is 24.8 Å². The molecule has 6 heteroatoms. The average Bonchev–Trinajstić information content (AvgIpc) is 2.79. The van der Waals surface area contributed by atoms with E-state index >= 15 is 0 Å². The van der Waals surface area contributed by atoms with Crippen molar-refractivity contribution < 1.29 is 0 Å². The third-order valence-corrected chi connectivity index (χ3v) is 4.42. The molecule has 1 aliphatic carbocycles. The highest BCUT2D eigenvalue weighted by Crippen LogP contribution is 2.24. The molecule has 5 nitrogen and oxygen atoms in total. The summed E-state index contributed by atoms with van der Waals surface area (Å²) in [4.78, 5) is 0. The summed E-state index contributed by atoms with van der Waals surface area (Å²) >= 11 is 2.04. The molecule has 0 spiro atoms. The number of nitrogens with zero attached hydrogens (tertiary/aromatic N) is 4. The predicted molar refractivity (Wildman–Crippen MR) is 63.1 cm³/mol. The molecule has 2 heterocycles. The van der Waals surface area contributed by atoms with Crippen molar-refractivity contribution in [3.8, 4) is 0 Å². The number of tetrazole rings is 1. The van der Waals surface area contributed by atoms with Crippen LogP contribution in [0.1, 0.15) is 25.1 Å². The molecule has 1 N–H and O–H groups in total. The highest BCUT2D eigenvalue weighted by atomic mass is 32.2. The van der Waals surface area contributed by atoms with E-state index in [9.17, 15) is 0 Å². The number of thioether (sulfide) groups is 1. The van der Waals surface area contributed by atoms with Gasteiger partial charge in [0.15, 0.2) is 5.82 Å². The molecular weight excluding hydrogens is 222 g/mol. The summed E-state index contributed by atoms with van der Waals surface area (Å²) in [6, 6.07) is 0.715. The molecular formula is C10H17N5S. The maximum atomic E-state index is 4.09. The van der Waals surface area contributed by atoms with Gasteiger partial charge < -0.3 is 5.32 Å². The first kappa shape index (κ1) is 10.5. The van der Waals surface area contributed by atoms with Gasteiger partial charge in [-0.1, -0.05) is 0 Å². The van der Waals surface area contributed by atoms with E-state index in [0.29, 0.717) is 6.04 Å². The number of hydrogen-bond donors (Lipinski definition) is 1. The third-order valence-electron chi connectivity index (χ3n) is 3.19. The number of nitrogens with one attached hydrogen (secondary N) is 1. The van der Waals surface area contributed by atoms with E-state index in [-0.39, 0.29) is 0 Å². The number of rotatable bonds is 5. The molecule has 1 unspecified atom stereocenters. The largest absolute Gasteiger partial charge is 0.307 e. The van der Waals surface area contributed by atoms with Gasteiger partial charge in [-0.05, 0) is 47.1 Å². The van der Waals surface area contributed by atoms with Crippen molar-refractivity contribution in [3.63, 3.8) is 0 Å². The maximum absolute atomic E-state index is 4.09. The zero-order valence-corrected chi connectivity index (χ0v) is 10.1. The lowest BCUT2D eigenvalue weighted by molar-refractivity contribution is 0.432. The van der Waals surface area contributed by atoms with Crippen molar-refractivity contribution in [3.05, 3.63) is 5.82 Å². The van der Waals surface area contributed by atoms with Crippen LogP contribution in [0.3, 0.4) is 0 Å². The normalized spacial score (nSPS) is 25.1. The van der Waals surface area contributed by atoms with Gasteiger partial charge in [0.1, 0.15) is 0 Å². The van der Waals surface area contributed by atoms with E-state index in [1.54, 1.807) is 0 Å². The Morgan fingerprint density at radius 1 is 1.38 bits per heavy atom. The number of hydrogen-bond acceptors (Lipinski definition) is 5. The van der Waals surface area contributed by atoms with Crippen molar-refractivity contribution in [2.75, 3.05) is 11.5 Å². The SMILES string of the molecule is C1CC(Cn2nnnc2CNC2CC2)CS1. The maximum Gasteiger partial charge on any atom is 0.165 e. The van der Waals surface area contributed by atoms with Crippen LogP contribution in [0.15, 0.2) is 0 Å². The molecule has 1 aromatic rings. The van der Waals surface area contributed by atoms with Crippen LogP contribution in [0.5, 0.6) is 0 Å². The van der Waals surface area contributed by atoms with Crippen LogP contribution in [0, 0.1) is 5.92 Å². The molecule has 1 saturated heterocycles. The van der Waals surface area contributed by atoms with Crippen molar-refractivity contribution in [1.29, 1.82) is 0 Å². The van der Waals surface area contributed by atoms with Crippen LogP contribution < -0.4 is 5.32 Å². The lowest BCUT2D eigenvalue weighted by atomic mass is 10.1. The van der Waals surface area contributed by atoms with Gasteiger partial charge in [-0.25, -0.2) is 4.68 Å². The quantitative estimate of drug-likeness (QED) is 0.819. The van der Waals surface area contributed by atoms with Crippen molar-refractivity contribution in [2.45, 2.75) is 38.4 Å². The average molecular weight is 239 g/mol. The van der Waals surface area contributed by atoms with Crippen LogP contribution in [-0.2, 0) is 13.1 Å². The standard InChI is InChI=1S/C10H17N5S/c1-2-9(1)11-5-10-12-13-14-15(10)6-8-3-4-16-7-8/h8-9,11H,1-7H2. The van der Waals surface area contributed by atoms with Crippen molar-refractivity contribution >= 4 is 11.8 Å². The minimum Gasteiger partial charge on any atom is -0.307 e. The van der Waals surface area contributed by atoms with Crippen LogP contribution in [0.4, 0.5) is 0 Å². The molecule has 1 aromatic heterocycles. The molecule has 16 heavy (non-hydrogen) atoms. The lowest BCUT2D eigenvalue weighted by Crippen LogP contribution is -2.21. The van der Waals surface area contributed by atoms with Crippen molar-refractivity contribution in [1.82, 2.24) is 25.5 Å². The predicted octanol–water partition coefficient (Wildman–Crippen LogP) is 0.678. The Morgan fingerprint density at radius 3 is 3.06 bits per heavy atom. The van der Waals surface area contributed by atoms with Gasteiger partial charge in [0.05, 0.1) is 6.54 Å². The molecule has 2 fully saturated rings. The van der Waals surface area contributed by atoms with Gasteiger partial charge in [0.2, 0.25) is 0 Å². The fraction of sp³-hybridized carbons (Fsp3) is 0.900. The summed E-state index contributed by atoms with van der Waals surface area (Å²) < 4.78 is 1.98. The van der Waals surface area contributed by atoms with Gasteiger partial charge in [-0.2, -0.15) is 11.8 Å². The summed E-state index contributed by atoms with van der Waals surface area (Å²) in [7, 11) is 0. The van der Waals surface area contributed by atoms with E-state index in [4.69, 9.17) is 0 Å². The highest BCUT2D eigenvalue weighted by molar-refractivity contribution is 7.99. The first-order valence-electron chi connectivity index (χ1n) is 5.98. The number of aromatic nitrogens is 4. The molecule has 3 rings (SSSR count). The molecule has 2 aliphatic rings.